The number of phenolic OH excluding ortho intramolecular Hbond substituents is 1. The maximum absolute atomic E-state index is 9.46. The zero-order chi connectivity index (χ0) is 11.2. The molecule has 0 saturated heterocycles. The van der Waals surface area contributed by atoms with Gasteiger partial charge < -0.3 is 10.8 Å². The number of hydrogen-bond donors (Lipinski definition) is 2. The van der Waals surface area contributed by atoms with E-state index in [1.165, 1.54) is 12.0 Å². The van der Waals surface area contributed by atoms with Crippen molar-refractivity contribution in [3.05, 3.63) is 42.0 Å². The van der Waals surface area contributed by atoms with Gasteiger partial charge in [0.25, 0.3) is 0 Å². The average molecular weight is 213 g/mol. The van der Waals surface area contributed by atoms with Crippen molar-refractivity contribution < 1.29 is 5.11 Å². The first-order chi connectivity index (χ1) is 7.67. The van der Waals surface area contributed by atoms with Crippen LogP contribution in [0.4, 0.5) is 0 Å². The summed E-state index contributed by atoms with van der Waals surface area (Å²) in [4.78, 5) is 0. The van der Waals surface area contributed by atoms with Crippen LogP contribution in [0.2, 0.25) is 0 Å². The van der Waals surface area contributed by atoms with Crippen LogP contribution in [0.3, 0.4) is 0 Å². The smallest absolute Gasteiger partial charge is 0.116 e. The Morgan fingerprint density at radius 3 is 2.44 bits per heavy atom. The molecule has 2 aromatic carbocycles. The van der Waals surface area contributed by atoms with Crippen LogP contribution in [-0.4, -0.2) is 5.11 Å². The van der Waals surface area contributed by atoms with E-state index in [1.54, 1.807) is 12.1 Å². The molecule has 0 atom stereocenters. The van der Waals surface area contributed by atoms with E-state index in [0.717, 1.165) is 23.6 Å². The lowest BCUT2D eigenvalue weighted by Gasteiger charge is -2.38. The van der Waals surface area contributed by atoms with Crippen LogP contribution in [-0.2, 0) is 5.54 Å². The molecule has 2 heteroatoms. The molecule has 0 aromatic heterocycles. The molecular weight excluding hydrogens is 198 g/mol. The van der Waals surface area contributed by atoms with Crippen molar-refractivity contribution in [2.45, 2.75) is 24.8 Å². The lowest BCUT2D eigenvalue weighted by Crippen LogP contribution is -2.43. The molecule has 0 amide bonds. The van der Waals surface area contributed by atoms with Crippen molar-refractivity contribution in [1.29, 1.82) is 0 Å². The minimum Gasteiger partial charge on any atom is -0.508 e. The van der Waals surface area contributed by atoms with Crippen LogP contribution in [0.1, 0.15) is 24.8 Å². The summed E-state index contributed by atoms with van der Waals surface area (Å²) in [5.74, 6) is 0.310. The maximum atomic E-state index is 9.46. The van der Waals surface area contributed by atoms with Gasteiger partial charge in [-0.3, -0.25) is 0 Å². The molecule has 0 unspecified atom stereocenters. The molecular formula is C14H15NO. The maximum Gasteiger partial charge on any atom is 0.116 e. The third-order valence-electron chi connectivity index (χ3n) is 3.64. The molecule has 1 aliphatic rings. The van der Waals surface area contributed by atoms with E-state index in [0.29, 0.717) is 5.75 Å². The lowest BCUT2D eigenvalue weighted by molar-refractivity contribution is 0.254. The predicted octanol–water partition coefficient (Wildman–Crippen LogP) is 2.88. The zero-order valence-electron chi connectivity index (χ0n) is 9.11. The number of fused-ring (bicyclic) bond motifs is 1. The van der Waals surface area contributed by atoms with Gasteiger partial charge in [0.15, 0.2) is 0 Å². The van der Waals surface area contributed by atoms with Crippen molar-refractivity contribution >= 4 is 10.8 Å². The monoisotopic (exact) mass is 213 g/mol. The molecule has 1 saturated carbocycles. The van der Waals surface area contributed by atoms with E-state index < -0.39 is 0 Å². The van der Waals surface area contributed by atoms with Crippen LogP contribution in [0.15, 0.2) is 36.4 Å². The molecule has 2 aromatic rings. The molecule has 16 heavy (non-hydrogen) atoms. The molecule has 1 fully saturated rings. The topological polar surface area (TPSA) is 46.2 Å². The number of nitrogens with two attached hydrogens (primary N) is 1. The van der Waals surface area contributed by atoms with Gasteiger partial charge in [-0.15, -0.1) is 0 Å². The van der Waals surface area contributed by atoms with Gasteiger partial charge in [-0.1, -0.05) is 18.2 Å². The molecule has 0 bridgehead atoms. The summed E-state index contributed by atoms with van der Waals surface area (Å²) in [6.45, 7) is 0. The minimum absolute atomic E-state index is 0.125. The third kappa shape index (κ3) is 1.38. The summed E-state index contributed by atoms with van der Waals surface area (Å²) < 4.78 is 0. The summed E-state index contributed by atoms with van der Waals surface area (Å²) >= 11 is 0. The Hall–Kier alpha value is -1.54. The zero-order valence-corrected chi connectivity index (χ0v) is 9.11. The van der Waals surface area contributed by atoms with Gasteiger partial charge in [-0.25, -0.2) is 0 Å². The SMILES string of the molecule is NC1(c2ccc3ccc(O)cc3c2)CCC1. The van der Waals surface area contributed by atoms with Gasteiger partial charge >= 0.3 is 0 Å². The molecule has 2 nitrogen and oxygen atoms in total. The number of hydrogen-bond acceptors (Lipinski definition) is 2. The largest absolute Gasteiger partial charge is 0.508 e. The highest BCUT2D eigenvalue weighted by Crippen LogP contribution is 2.39. The molecule has 3 rings (SSSR count). The van der Waals surface area contributed by atoms with Crippen LogP contribution < -0.4 is 5.73 Å². The predicted molar refractivity (Wildman–Crippen MR) is 65.3 cm³/mol. The number of benzene rings is 2. The number of rotatable bonds is 1. The van der Waals surface area contributed by atoms with Gasteiger partial charge in [0.2, 0.25) is 0 Å². The highest BCUT2D eigenvalue weighted by atomic mass is 16.3. The van der Waals surface area contributed by atoms with Crippen LogP contribution in [0.5, 0.6) is 5.75 Å². The lowest BCUT2D eigenvalue weighted by atomic mass is 9.72. The first-order valence-corrected chi connectivity index (χ1v) is 5.70. The fourth-order valence-electron chi connectivity index (χ4n) is 2.39. The first kappa shape index (κ1) is 9.67. The molecule has 1 aliphatic carbocycles. The van der Waals surface area contributed by atoms with Crippen molar-refractivity contribution in [2.75, 3.05) is 0 Å². The average Bonchev–Trinajstić information content (AvgIpc) is 2.25. The first-order valence-electron chi connectivity index (χ1n) is 5.70. The van der Waals surface area contributed by atoms with E-state index in [4.69, 9.17) is 5.73 Å². The normalized spacial score (nSPS) is 18.3. The Bertz CT molecular complexity index is 543. The number of phenols is 1. The summed E-state index contributed by atoms with van der Waals surface area (Å²) in [5.41, 5.74) is 7.36. The van der Waals surface area contributed by atoms with Gasteiger partial charge in [0.1, 0.15) is 5.75 Å². The molecule has 82 valence electrons. The Morgan fingerprint density at radius 1 is 1.00 bits per heavy atom. The summed E-state index contributed by atoms with van der Waals surface area (Å²) in [5, 5.41) is 11.7. The van der Waals surface area contributed by atoms with Crippen LogP contribution >= 0.6 is 0 Å². The van der Waals surface area contributed by atoms with Gasteiger partial charge in [0.05, 0.1) is 0 Å². The van der Waals surface area contributed by atoms with Gasteiger partial charge in [0, 0.05) is 5.54 Å². The molecule has 0 heterocycles. The Kier molecular flexibility index (Phi) is 1.95. The van der Waals surface area contributed by atoms with Crippen molar-refractivity contribution in [1.82, 2.24) is 0 Å². The van der Waals surface area contributed by atoms with Gasteiger partial charge in [-0.05, 0) is 53.8 Å². The highest BCUT2D eigenvalue weighted by Gasteiger charge is 2.34. The number of aromatic hydroxyl groups is 1. The van der Waals surface area contributed by atoms with Crippen molar-refractivity contribution in [2.24, 2.45) is 5.73 Å². The Morgan fingerprint density at radius 2 is 1.75 bits per heavy atom. The molecule has 0 radical (unpaired) electrons. The third-order valence-corrected chi connectivity index (χ3v) is 3.64. The quantitative estimate of drug-likeness (QED) is 0.765. The van der Waals surface area contributed by atoms with E-state index in [-0.39, 0.29) is 5.54 Å². The fourth-order valence-corrected chi connectivity index (χ4v) is 2.39. The second-order valence-corrected chi connectivity index (χ2v) is 4.76. The summed E-state index contributed by atoms with van der Waals surface area (Å²) in [6, 6.07) is 11.7. The van der Waals surface area contributed by atoms with Crippen molar-refractivity contribution in [3.8, 4) is 5.75 Å². The van der Waals surface area contributed by atoms with Crippen molar-refractivity contribution in [3.63, 3.8) is 0 Å². The standard InChI is InChI=1S/C14H15NO/c15-14(6-1-7-14)12-4-2-10-3-5-13(16)9-11(10)8-12/h2-5,8-9,16H,1,6-7,15H2. The highest BCUT2D eigenvalue weighted by molar-refractivity contribution is 5.84. The van der Waals surface area contributed by atoms with E-state index >= 15 is 0 Å². The molecule has 3 N–H and O–H groups in total. The molecule has 0 aliphatic heterocycles. The minimum atomic E-state index is -0.125. The fraction of sp³-hybridized carbons (Fsp3) is 0.286. The molecule has 0 spiro atoms. The van der Waals surface area contributed by atoms with Crippen LogP contribution in [0, 0.1) is 0 Å². The second-order valence-electron chi connectivity index (χ2n) is 4.76. The van der Waals surface area contributed by atoms with Crippen LogP contribution in [0.25, 0.3) is 10.8 Å². The van der Waals surface area contributed by atoms with E-state index in [1.807, 2.05) is 6.07 Å². The summed E-state index contributed by atoms with van der Waals surface area (Å²) in [6.07, 6.45) is 3.35. The van der Waals surface area contributed by atoms with E-state index in [2.05, 4.69) is 18.2 Å². The van der Waals surface area contributed by atoms with Gasteiger partial charge in [-0.2, -0.15) is 0 Å². The summed E-state index contributed by atoms with van der Waals surface area (Å²) in [7, 11) is 0. The Labute approximate surface area is 94.7 Å². The van der Waals surface area contributed by atoms with E-state index in [9.17, 15) is 5.11 Å². The Balaban J connectivity index is 2.14. The second kappa shape index (κ2) is 3.22.